The molecule has 194 valence electrons. The number of amides is 1. The number of benzene rings is 3. The highest BCUT2D eigenvalue weighted by atomic mass is 35.5. The van der Waals surface area contributed by atoms with Gasteiger partial charge in [0.15, 0.2) is 5.82 Å². The lowest BCUT2D eigenvalue weighted by molar-refractivity contribution is 0.0521. The zero-order valence-corrected chi connectivity index (χ0v) is 21.9. The predicted molar refractivity (Wildman–Crippen MR) is 138 cm³/mol. The highest BCUT2D eigenvalue weighted by Crippen LogP contribution is 2.39. The zero-order chi connectivity index (χ0) is 26.9. The average Bonchev–Trinajstić information content (AvgIpc) is 3.31. The molecule has 1 aliphatic rings. The van der Waals surface area contributed by atoms with Gasteiger partial charge < -0.3 is 14.8 Å². The van der Waals surface area contributed by atoms with Crippen LogP contribution in [-0.4, -0.2) is 40.6 Å². The summed E-state index contributed by atoms with van der Waals surface area (Å²) in [6.07, 6.45) is 0.446. The van der Waals surface area contributed by atoms with Crippen LogP contribution in [0.25, 0.3) is 0 Å². The van der Waals surface area contributed by atoms with Crippen molar-refractivity contribution in [1.29, 1.82) is 0 Å². The van der Waals surface area contributed by atoms with E-state index in [-0.39, 0.29) is 45.6 Å². The number of hydrogen-bond acceptors (Lipinski definition) is 6. The van der Waals surface area contributed by atoms with Crippen LogP contribution in [0.1, 0.15) is 38.8 Å². The van der Waals surface area contributed by atoms with Gasteiger partial charge in [-0.15, -0.1) is 0 Å². The molecule has 3 aromatic rings. The molecule has 1 N–H and O–H groups in total. The molecule has 1 aliphatic heterocycles. The van der Waals surface area contributed by atoms with Crippen LogP contribution in [0.15, 0.2) is 53.4 Å². The molecule has 0 atom stereocenters. The van der Waals surface area contributed by atoms with Crippen molar-refractivity contribution in [2.75, 3.05) is 29.9 Å². The predicted octanol–water partition coefficient (Wildman–Crippen LogP) is 4.98. The monoisotopic (exact) mass is 546 g/mol. The van der Waals surface area contributed by atoms with E-state index in [2.05, 4.69) is 5.32 Å². The highest BCUT2D eigenvalue weighted by molar-refractivity contribution is 7.93. The van der Waals surface area contributed by atoms with Gasteiger partial charge in [-0.25, -0.2) is 17.6 Å². The number of anilines is 2. The van der Waals surface area contributed by atoms with Crippen LogP contribution in [0, 0.1) is 12.7 Å². The summed E-state index contributed by atoms with van der Waals surface area (Å²) >= 11 is 6.07. The standard InChI is InChI=1S/C26H24ClFN2O6S/c1-4-36-26(32)19-6-5-7-20(24(19)28)29-25(31)16-12-15(2)18-10-11-30(21(18)13-16)37(33,34)23-14-17(27)8-9-22(23)35-3/h5-9,12-14H,4,10-11H2,1-3H3,(H,29,31). The van der Waals surface area contributed by atoms with Crippen molar-refractivity contribution in [3.05, 3.63) is 81.6 Å². The number of nitrogens with one attached hydrogen (secondary N) is 1. The first kappa shape index (κ1) is 26.4. The summed E-state index contributed by atoms with van der Waals surface area (Å²) in [5.74, 6) is -2.30. The number of esters is 1. The van der Waals surface area contributed by atoms with Gasteiger partial charge in [-0.05, 0) is 73.9 Å². The van der Waals surface area contributed by atoms with Crippen LogP contribution in [0.3, 0.4) is 0 Å². The number of carbonyl (C=O) groups excluding carboxylic acids is 2. The van der Waals surface area contributed by atoms with Crippen molar-refractivity contribution in [2.45, 2.75) is 25.2 Å². The van der Waals surface area contributed by atoms with E-state index in [1.54, 1.807) is 19.9 Å². The summed E-state index contributed by atoms with van der Waals surface area (Å²) < 4.78 is 53.4. The summed E-state index contributed by atoms with van der Waals surface area (Å²) in [5.41, 5.74) is 1.43. The van der Waals surface area contributed by atoms with E-state index in [0.717, 1.165) is 5.56 Å². The topological polar surface area (TPSA) is 102 Å². The van der Waals surface area contributed by atoms with E-state index < -0.39 is 27.7 Å². The van der Waals surface area contributed by atoms with Crippen LogP contribution in [0.5, 0.6) is 5.75 Å². The summed E-state index contributed by atoms with van der Waals surface area (Å²) in [6, 6.07) is 11.4. The van der Waals surface area contributed by atoms with E-state index in [1.807, 2.05) is 0 Å². The van der Waals surface area contributed by atoms with E-state index in [4.69, 9.17) is 21.1 Å². The van der Waals surface area contributed by atoms with Crippen molar-refractivity contribution in [3.63, 3.8) is 0 Å². The first-order valence-electron chi connectivity index (χ1n) is 11.3. The second kappa shape index (κ2) is 10.4. The van der Waals surface area contributed by atoms with E-state index in [0.29, 0.717) is 17.7 Å². The molecule has 0 bridgehead atoms. The Morgan fingerprint density at radius 3 is 2.62 bits per heavy atom. The molecular formula is C26H24ClFN2O6S. The molecule has 0 aromatic heterocycles. The summed E-state index contributed by atoms with van der Waals surface area (Å²) in [7, 11) is -2.72. The second-order valence-electron chi connectivity index (χ2n) is 8.25. The van der Waals surface area contributed by atoms with Crippen LogP contribution in [0.2, 0.25) is 5.02 Å². The highest BCUT2D eigenvalue weighted by Gasteiger charge is 2.34. The maximum atomic E-state index is 14.9. The minimum Gasteiger partial charge on any atom is -0.495 e. The molecule has 1 heterocycles. The van der Waals surface area contributed by atoms with Gasteiger partial charge in [0.2, 0.25) is 0 Å². The van der Waals surface area contributed by atoms with Crippen molar-refractivity contribution in [3.8, 4) is 5.75 Å². The molecule has 4 rings (SSSR count). The van der Waals surface area contributed by atoms with Crippen LogP contribution in [-0.2, 0) is 21.2 Å². The van der Waals surface area contributed by atoms with Crippen molar-refractivity contribution >= 4 is 44.9 Å². The van der Waals surface area contributed by atoms with Crippen molar-refractivity contribution < 1.29 is 31.9 Å². The van der Waals surface area contributed by atoms with Gasteiger partial charge >= 0.3 is 5.97 Å². The van der Waals surface area contributed by atoms with E-state index in [1.165, 1.54) is 53.9 Å². The number of fused-ring (bicyclic) bond motifs is 1. The smallest absolute Gasteiger partial charge is 0.341 e. The fourth-order valence-electron chi connectivity index (χ4n) is 4.22. The molecule has 8 nitrogen and oxygen atoms in total. The number of nitrogens with zero attached hydrogens (tertiary/aromatic N) is 1. The van der Waals surface area contributed by atoms with Gasteiger partial charge in [0.05, 0.1) is 30.7 Å². The summed E-state index contributed by atoms with van der Waals surface area (Å²) in [5, 5.41) is 2.70. The number of rotatable bonds is 7. The Hall–Kier alpha value is -3.63. The number of hydrogen-bond donors (Lipinski definition) is 1. The lowest BCUT2D eigenvalue weighted by atomic mass is 10.0. The van der Waals surface area contributed by atoms with Gasteiger partial charge in [-0.3, -0.25) is 9.10 Å². The lowest BCUT2D eigenvalue weighted by Gasteiger charge is -2.22. The van der Waals surface area contributed by atoms with Gasteiger partial charge in [-0.2, -0.15) is 0 Å². The lowest BCUT2D eigenvalue weighted by Crippen LogP contribution is -2.29. The van der Waals surface area contributed by atoms with Gasteiger partial charge in [0, 0.05) is 17.1 Å². The van der Waals surface area contributed by atoms with Crippen LogP contribution in [0.4, 0.5) is 15.8 Å². The maximum absolute atomic E-state index is 14.9. The molecule has 0 fully saturated rings. The molecule has 0 saturated carbocycles. The minimum atomic E-state index is -4.08. The molecule has 3 aromatic carbocycles. The van der Waals surface area contributed by atoms with Gasteiger partial charge in [-0.1, -0.05) is 17.7 Å². The number of methoxy groups -OCH3 is 1. The number of ether oxygens (including phenoxy) is 2. The van der Waals surface area contributed by atoms with Gasteiger partial charge in [0.25, 0.3) is 15.9 Å². The Balaban J connectivity index is 1.69. The number of carbonyl (C=O) groups is 2. The molecule has 11 heteroatoms. The third-order valence-corrected chi connectivity index (χ3v) is 8.05. The Kier molecular flexibility index (Phi) is 7.42. The third-order valence-electron chi connectivity index (χ3n) is 5.98. The number of sulfonamides is 1. The minimum absolute atomic E-state index is 0.0731. The van der Waals surface area contributed by atoms with Crippen LogP contribution >= 0.6 is 11.6 Å². The molecule has 37 heavy (non-hydrogen) atoms. The normalized spacial score (nSPS) is 12.7. The fraction of sp³-hybridized carbons (Fsp3) is 0.231. The van der Waals surface area contributed by atoms with Crippen molar-refractivity contribution in [1.82, 2.24) is 0 Å². The number of halogens is 2. The molecule has 1 amide bonds. The molecule has 0 radical (unpaired) electrons. The molecule has 0 spiro atoms. The Morgan fingerprint density at radius 2 is 1.92 bits per heavy atom. The SMILES string of the molecule is CCOC(=O)c1cccc(NC(=O)c2cc(C)c3c(c2)N(S(=O)(=O)c2cc(Cl)ccc2OC)CC3)c1F. The van der Waals surface area contributed by atoms with Crippen molar-refractivity contribution in [2.24, 2.45) is 0 Å². The second-order valence-corrected chi connectivity index (χ2v) is 10.5. The quantitative estimate of drug-likeness (QED) is 0.420. The molecule has 0 saturated heterocycles. The Bertz CT molecular complexity index is 1510. The Morgan fingerprint density at radius 1 is 1.16 bits per heavy atom. The average molecular weight is 547 g/mol. The Labute approximate surface area is 219 Å². The molecular weight excluding hydrogens is 523 g/mol. The zero-order valence-electron chi connectivity index (χ0n) is 20.3. The van der Waals surface area contributed by atoms with Crippen LogP contribution < -0.4 is 14.4 Å². The first-order valence-corrected chi connectivity index (χ1v) is 13.2. The van der Waals surface area contributed by atoms with Gasteiger partial charge in [0.1, 0.15) is 10.6 Å². The number of aryl methyl sites for hydroxylation is 1. The maximum Gasteiger partial charge on any atom is 0.341 e. The first-order chi connectivity index (χ1) is 17.6. The summed E-state index contributed by atoms with van der Waals surface area (Å²) in [4.78, 5) is 25.0. The fourth-order valence-corrected chi connectivity index (χ4v) is 6.13. The molecule has 0 aliphatic carbocycles. The third kappa shape index (κ3) is 4.99. The molecule has 0 unspecified atom stereocenters. The summed E-state index contributed by atoms with van der Waals surface area (Å²) in [6.45, 7) is 3.61. The van der Waals surface area contributed by atoms with E-state index >= 15 is 0 Å². The van der Waals surface area contributed by atoms with E-state index in [9.17, 15) is 22.4 Å². The largest absolute Gasteiger partial charge is 0.495 e.